The Morgan fingerprint density at radius 1 is 1.00 bits per heavy atom. The van der Waals surface area contributed by atoms with Gasteiger partial charge in [-0.05, 0) is 17.7 Å². The van der Waals surface area contributed by atoms with E-state index in [1.165, 1.54) is 0 Å². The molecule has 0 unspecified atom stereocenters. The summed E-state index contributed by atoms with van der Waals surface area (Å²) in [6.45, 7) is 1.82. The van der Waals surface area contributed by atoms with Gasteiger partial charge in [0.25, 0.3) is 0 Å². The summed E-state index contributed by atoms with van der Waals surface area (Å²) in [6.07, 6.45) is 1.79. The van der Waals surface area contributed by atoms with Crippen molar-refractivity contribution in [2.24, 2.45) is 12.0 Å². The first-order valence-corrected chi connectivity index (χ1v) is 8.92. The van der Waals surface area contributed by atoms with Crippen LogP contribution in [0.5, 0.6) is 5.75 Å². The summed E-state index contributed by atoms with van der Waals surface area (Å²) in [5.74, 6) is 1.60. The Morgan fingerprint density at radius 2 is 1.71 bits per heavy atom. The van der Waals surface area contributed by atoms with Crippen LogP contribution in [0, 0.1) is 0 Å². The molecule has 0 atom stereocenters. The molecule has 0 aliphatic heterocycles. The van der Waals surface area contributed by atoms with Crippen LogP contribution in [0.1, 0.15) is 16.8 Å². The predicted octanol–water partition coefficient (Wildman–Crippen LogP) is 3.48. The molecule has 6 nitrogen and oxygen atoms in total. The molecule has 0 aliphatic carbocycles. The molecule has 2 aromatic carbocycles. The van der Waals surface area contributed by atoms with Gasteiger partial charge in [-0.15, -0.1) is 24.0 Å². The molecule has 0 amide bonds. The molecule has 28 heavy (non-hydrogen) atoms. The maximum Gasteiger partial charge on any atom is 0.191 e. The van der Waals surface area contributed by atoms with Crippen LogP contribution in [0.2, 0.25) is 0 Å². The second-order valence-corrected chi connectivity index (χ2v) is 6.11. The third kappa shape index (κ3) is 6.26. The molecule has 0 bridgehead atoms. The molecule has 0 saturated carbocycles. The van der Waals surface area contributed by atoms with E-state index < -0.39 is 0 Å². The van der Waals surface area contributed by atoms with E-state index >= 15 is 0 Å². The zero-order valence-corrected chi connectivity index (χ0v) is 18.5. The molecule has 2 N–H and O–H groups in total. The highest BCUT2D eigenvalue weighted by molar-refractivity contribution is 14.0. The van der Waals surface area contributed by atoms with Gasteiger partial charge in [0.1, 0.15) is 12.4 Å². The van der Waals surface area contributed by atoms with Crippen molar-refractivity contribution in [3.8, 4) is 5.75 Å². The van der Waals surface area contributed by atoms with Crippen LogP contribution in [0.4, 0.5) is 0 Å². The van der Waals surface area contributed by atoms with E-state index in [2.05, 4.69) is 38.9 Å². The molecule has 3 aromatic rings. The molecule has 7 heteroatoms. The SMILES string of the molecule is CN=C(NCc1ccccc1OCc1ccccc1)NCc1ccnn1C.I. The van der Waals surface area contributed by atoms with Crippen LogP contribution in [0.15, 0.2) is 71.9 Å². The number of guanidine groups is 1. The van der Waals surface area contributed by atoms with Crippen molar-refractivity contribution in [3.63, 3.8) is 0 Å². The van der Waals surface area contributed by atoms with E-state index in [9.17, 15) is 0 Å². The number of hydrogen-bond donors (Lipinski definition) is 2. The lowest BCUT2D eigenvalue weighted by Gasteiger charge is -2.15. The number of para-hydroxylation sites is 1. The summed E-state index contributed by atoms with van der Waals surface area (Å²) in [4.78, 5) is 4.28. The van der Waals surface area contributed by atoms with E-state index in [0.717, 1.165) is 28.5 Å². The van der Waals surface area contributed by atoms with Gasteiger partial charge >= 0.3 is 0 Å². The number of benzene rings is 2. The van der Waals surface area contributed by atoms with Gasteiger partial charge in [-0.3, -0.25) is 9.67 Å². The fourth-order valence-electron chi connectivity index (χ4n) is 2.67. The van der Waals surface area contributed by atoms with Gasteiger partial charge in [-0.1, -0.05) is 48.5 Å². The molecule has 3 rings (SSSR count). The molecule has 0 fully saturated rings. The lowest BCUT2D eigenvalue weighted by molar-refractivity contribution is 0.302. The average molecular weight is 491 g/mol. The summed E-state index contributed by atoms with van der Waals surface area (Å²) < 4.78 is 7.85. The van der Waals surface area contributed by atoms with E-state index in [-0.39, 0.29) is 24.0 Å². The Balaban J connectivity index is 0.00000280. The minimum absolute atomic E-state index is 0. The molecule has 148 valence electrons. The molecule has 1 aromatic heterocycles. The van der Waals surface area contributed by atoms with Gasteiger partial charge in [0.2, 0.25) is 0 Å². The van der Waals surface area contributed by atoms with E-state index in [1.54, 1.807) is 13.2 Å². The summed E-state index contributed by atoms with van der Waals surface area (Å²) >= 11 is 0. The van der Waals surface area contributed by atoms with E-state index in [4.69, 9.17) is 4.74 Å². The Morgan fingerprint density at radius 3 is 2.43 bits per heavy atom. The number of aromatic nitrogens is 2. The van der Waals surface area contributed by atoms with Crippen molar-refractivity contribution < 1.29 is 4.74 Å². The molecule has 0 saturated heterocycles. The van der Waals surface area contributed by atoms with Crippen LogP contribution in [0.3, 0.4) is 0 Å². The molecule has 1 heterocycles. The van der Waals surface area contributed by atoms with E-state index in [1.807, 2.05) is 54.2 Å². The molecule has 0 radical (unpaired) electrons. The molecular weight excluding hydrogens is 465 g/mol. The molecule has 0 aliphatic rings. The zero-order valence-electron chi connectivity index (χ0n) is 16.1. The lowest BCUT2D eigenvalue weighted by Crippen LogP contribution is -2.36. The van der Waals surface area contributed by atoms with Gasteiger partial charge in [-0.2, -0.15) is 5.10 Å². The van der Waals surface area contributed by atoms with Crippen molar-refractivity contribution in [1.82, 2.24) is 20.4 Å². The fraction of sp³-hybridized carbons (Fsp3) is 0.238. The number of nitrogens with zero attached hydrogens (tertiary/aromatic N) is 3. The second kappa shape index (κ2) is 11.3. The van der Waals surface area contributed by atoms with Crippen LogP contribution >= 0.6 is 24.0 Å². The summed E-state index contributed by atoms with van der Waals surface area (Å²) in [5, 5.41) is 10.8. The maximum absolute atomic E-state index is 6.01. The number of nitrogens with one attached hydrogen (secondary N) is 2. The van der Waals surface area contributed by atoms with Crippen molar-refractivity contribution in [1.29, 1.82) is 0 Å². The van der Waals surface area contributed by atoms with Crippen LogP contribution in [0.25, 0.3) is 0 Å². The van der Waals surface area contributed by atoms with Gasteiger partial charge in [0.15, 0.2) is 5.96 Å². The summed E-state index contributed by atoms with van der Waals surface area (Å²) in [7, 11) is 3.68. The highest BCUT2D eigenvalue weighted by atomic mass is 127. The average Bonchev–Trinajstić information content (AvgIpc) is 3.13. The van der Waals surface area contributed by atoms with Crippen molar-refractivity contribution >= 4 is 29.9 Å². The lowest BCUT2D eigenvalue weighted by atomic mass is 10.2. The number of hydrogen-bond acceptors (Lipinski definition) is 3. The first-order valence-electron chi connectivity index (χ1n) is 8.92. The predicted molar refractivity (Wildman–Crippen MR) is 123 cm³/mol. The smallest absolute Gasteiger partial charge is 0.191 e. The largest absolute Gasteiger partial charge is 0.489 e. The Hall–Kier alpha value is -2.55. The van der Waals surface area contributed by atoms with Crippen LogP contribution < -0.4 is 15.4 Å². The highest BCUT2D eigenvalue weighted by Crippen LogP contribution is 2.19. The molecular formula is C21H26IN5O. The summed E-state index contributed by atoms with van der Waals surface area (Å²) in [6, 6.07) is 20.2. The first kappa shape index (κ1) is 21.7. The Kier molecular flexibility index (Phi) is 8.80. The Bertz CT molecular complexity index is 879. The minimum atomic E-state index is 0. The maximum atomic E-state index is 6.01. The zero-order chi connectivity index (χ0) is 18.9. The third-order valence-corrected chi connectivity index (χ3v) is 4.24. The standard InChI is InChI=1S/C21H25N5O.HI/c1-22-21(24-15-19-12-13-25-26(19)2)23-14-18-10-6-7-11-20(18)27-16-17-8-4-3-5-9-17;/h3-13H,14-16H2,1-2H3,(H2,22,23,24);1H. The third-order valence-electron chi connectivity index (χ3n) is 4.24. The quantitative estimate of drug-likeness (QED) is 0.302. The van der Waals surface area contributed by atoms with Crippen LogP contribution in [-0.2, 0) is 26.7 Å². The number of rotatable bonds is 7. The number of aryl methyl sites for hydroxylation is 1. The Labute approximate surface area is 183 Å². The molecule has 0 spiro atoms. The number of ether oxygens (including phenoxy) is 1. The van der Waals surface area contributed by atoms with Crippen molar-refractivity contribution in [2.45, 2.75) is 19.7 Å². The minimum Gasteiger partial charge on any atom is -0.489 e. The van der Waals surface area contributed by atoms with Crippen LogP contribution in [-0.4, -0.2) is 22.8 Å². The monoisotopic (exact) mass is 491 g/mol. The van der Waals surface area contributed by atoms with Gasteiger partial charge in [0.05, 0.1) is 12.2 Å². The summed E-state index contributed by atoms with van der Waals surface area (Å²) in [5.41, 5.74) is 3.32. The van der Waals surface area contributed by atoms with Gasteiger partial charge in [0, 0.05) is 32.4 Å². The number of aliphatic imine (C=N–C) groups is 1. The normalized spacial score (nSPS) is 10.9. The first-order chi connectivity index (χ1) is 13.3. The van der Waals surface area contributed by atoms with Crippen molar-refractivity contribution in [2.75, 3.05) is 7.05 Å². The number of halogens is 1. The van der Waals surface area contributed by atoms with Crippen molar-refractivity contribution in [3.05, 3.63) is 83.7 Å². The van der Waals surface area contributed by atoms with Gasteiger partial charge in [-0.25, -0.2) is 0 Å². The second-order valence-electron chi connectivity index (χ2n) is 6.11. The fourth-order valence-corrected chi connectivity index (χ4v) is 2.67. The van der Waals surface area contributed by atoms with Gasteiger partial charge < -0.3 is 15.4 Å². The van der Waals surface area contributed by atoms with E-state index in [0.29, 0.717) is 19.7 Å². The highest BCUT2D eigenvalue weighted by Gasteiger charge is 2.06. The topological polar surface area (TPSA) is 63.5 Å².